The molecule has 0 spiro atoms. The lowest BCUT2D eigenvalue weighted by Crippen LogP contribution is -2.46. The summed E-state index contributed by atoms with van der Waals surface area (Å²) in [6.07, 6.45) is 0. The number of hydrazine groups is 1. The Hall–Kier alpha value is -1.55. The van der Waals surface area contributed by atoms with E-state index in [0.29, 0.717) is 6.54 Å². The number of hydrogen-bond acceptors (Lipinski definition) is 3. The van der Waals surface area contributed by atoms with Gasteiger partial charge in [0.05, 0.1) is 5.41 Å². The predicted octanol–water partition coefficient (Wildman–Crippen LogP) is 1.76. The van der Waals surface area contributed by atoms with Crippen molar-refractivity contribution in [3.8, 4) is 0 Å². The van der Waals surface area contributed by atoms with Crippen LogP contribution < -0.4 is 16.2 Å². The van der Waals surface area contributed by atoms with Gasteiger partial charge in [-0.1, -0.05) is 6.07 Å². The molecule has 0 unspecified atom stereocenters. The number of nitrogens with one attached hydrogen (secondary N) is 1. The second-order valence-corrected chi connectivity index (χ2v) is 5.56. The molecule has 1 rings (SSSR count). The second kappa shape index (κ2) is 5.40. The molecule has 1 aromatic carbocycles. The third-order valence-electron chi connectivity index (χ3n) is 3.03. The van der Waals surface area contributed by atoms with Crippen molar-refractivity contribution in [3.05, 3.63) is 29.3 Å². The van der Waals surface area contributed by atoms with Gasteiger partial charge in [0.25, 0.3) is 0 Å². The molecule has 0 aliphatic carbocycles. The van der Waals surface area contributed by atoms with E-state index >= 15 is 0 Å². The quantitative estimate of drug-likeness (QED) is 0.485. The van der Waals surface area contributed by atoms with Gasteiger partial charge in [0.15, 0.2) is 0 Å². The molecule has 4 heteroatoms. The summed E-state index contributed by atoms with van der Waals surface area (Å²) in [7, 11) is 1.99. The zero-order valence-electron chi connectivity index (χ0n) is 11.9. The van der Waals surface area contributed by atoms with Crippen LogP contribution in [-0.2, 0) is 4.79 Å². The standard InChI is InChI=1S/C14H23N3O/c1-10-6-11(2)8-12(7-10)17(5)9-14(3,4)13(18)16-15/h6-8H,9,15H2,1-5H3,(H,16,18). The Morgan fingerprint density at radius 3 is 2.22 bits per heavy atom. The van der Waals surface area contributed by atoms with Crippen molar-refractivity contribution in [1.29, 1.82) is 0 Å². The normalized spacial score (nSPS) is 11.2. The molecule has 0 saturated carbocycles. The van der Waals surface area contributed by atoms with Crippen LogP contribution in [0.25, 0.3) is 0 Å². The first-order valence-electron chi connectivity index (χ1n) is 6.07. The fourth-order valence-electron chi connectivity index (χ4n) is 2.12. The Morgan fingerprint density at radius 2 is 1.78 bits per heavy atom. The average Bonchev–Trinajstić information content (AvgIpc) is 2.25. The number of rotatable bonds is 4. The third kappa shape index (κ3) is 3.47. The minimum absolute atomic E-state index is 0.154. The monoisotopic (exact) mass is 249 g/mol. The molecule has 0 aromatic heterocycles. The van der Waals surface area contributed by atoms with Gasteiger partial charge in [-0.2, -0.15) is 0 Å². The third-order valence-corrected chi connectivity index (χ3v) is 3.03. The van der Waals surface area contributed by atoms with Gasteiger partial charge in [0.1, 0.15) is 0 Å². The molecule has 0 fully saturated rings. The summed E-state index contributed by atoms with van der Waals surface area (Å²) in [4.78, 5) is 13.8. The predicted molar refractivity (Wildman–Crippen MR) is 75.3 cm³/mol. The van der Waals surface area contributed by atoms with Crippen LogP contribution in [0.5, 0.6) is 0 Å². The van der Waals surface area contributed by atoms with Gasteiger partial charge in [-0.25, -0.2) is 5.84 Å². The van der Waals surface area contributed by atoms with Crippen molar-refractivity contribution in [2.24, 2.45) is 11.3 Å². The van der Waals surface area contributed by atoms with Crippen LogP contribution in [0.1, 0.15) is 25.0 Å². The highest BCUT2D eigenvalue weighted by atomic mass is 16.2. The number of nitrogens with two attached hydrogens (primary N) is 1. The topological polar surface area (TPSA) is 58.4 Å². The van der Waals surface area contributed by atoms with Gasteiger partial charge < -0.3 is 4.90 Å². The van der Waals surface area contributed by atoms with Crippen LogP contribution in [-0.4, -0.2) is 19.5 Å². The van der Waals surface area contributed by atoms with Crippen LogP contribution in [0.4, 0.5) is 5.69 Å². The van der Waals surface area contributed by atoms with Crippen LogP contribution >= 0.6 is 0 Å². The van der Waals surface area contributed by atoms with E-state index in [1.807, 2.05) is 20.9 Å². The Balaban J connectivity index is 2.88. The van der Waals surface area contributed by atoms with Gasteiger partial charge in [-0.15, -0.1) is 0 Å². The molecule has 1 aromatic rings. The Bertz CT molecular complexity index is 420. The van der Waals surface area contributed by atoms with Crippen LogP contribution in [0.3, 0.4) is 0 Å². The summed E-state index contributed by atoms with van der Waals surface area (Å²) in [5, 5.41) is 0. The summed E-state index contributed by atoms with van der Waals surface area (Å²) in [5.74, 6) is 5.05. The van der Waals surface area contributed by atoms with Gasteiger partial charge in [0, 0.05) is 19.3 Å². The lowest BCUT2D eigenvalue weighted by atomic mass is 9.91. The Kier molecular flexibility index (Phi) is 4.35. The van der Waals surface area contributed by atoms with Gasteiger partial charge in [-0.05, 0) is 51.0 Å². The van der Waals surface area contributed by atoms with E-state index < -0.39 is 5.41 Å². The first-order valence-corrected chi connectivity index (χ1v) is 6.07. The van der Waals surface area contributed by atoms with E-state index in [9.17, 15) is 4.79 Å². The Labute approximate surface area is 109 Å². The summed E-state index contributed by atoms with van der Waals surface area (Å²) in [6, 6.07) is 6.36. The second-order valence-electron chi connectivity index (χ2n) is 5.56. The SMILES string of the molecule is Cc1cc(C)cc(N(C)CC(C)(C)C(=O)NN)c1. The molecule has 100 valence electrons. The van der Waals surface area contributed by atoms with Gasteiger partial charge in [0.2, 0.25) is 5.91 Å². The van der Waals surface area contributed by atoms with Crippen molar-refractivity contribution in [2.75, 3.05) is 18.5 Å². The van der Waals surface area contributed by atoms with E-state index in [-0.39, 0.29) is 5.91 Å². The summed E-state index contributed by atoms with van der Waals surface area (Å²) in [6.45, 7) is 8.52. The maximum atomic E-state index is 11.7. The summed E-state index contributed by atoms with van der Waals surface area (Å²) >= 11 is 0. The molecule has 0 saturated heterocycles. The zero-order valence-corrected chi connectivity index (χ0v) is 11.9. The molecule has 4 nitrogen and oxygen atoms in total. The minimum atomic E-state index is -0.527. The molecular formula is C14H23N3O. The summed E-state index contributed by atoms with van der Waals surface area (Å²) in [5.41, 5.74) is 5.25. The molecule has 0 radical (unpaired) electrons. The van der Waals surface area contributed by atoms with Gasteiger partial charge in [-0.3, -0.25) is 10.2 Å². The van der Waals surface area contributed by atoms with Gasteiger partial charge >= 0.3 is 0 Å². The van der Waals surface area contributed by atoms with E-state index in [2.05, 4.69) is 42.4 Å². The van der Waals surface area contributed by atoms with Crippen molar-refractivity contribution in [3.63, 3.8) is 0 Å². The molecule has 0 atom stereocenters. The number of amides is 1. The number of anilines is 1. The van der Waals surface area contributed by atoms with Crippen LogP contribution in [0.2, 0.25) is 0 Å². The maximum absolute atomic E-state index is 11.7. The van der Waals surface area contributed by atoms with E-state index in [1.54, 1.807) is 0 Å². The summed E-state index contributed by atoms with van der Waals surface area (Å²) < 4.78 is 0. The number of benzene rings is 1. The van der Waals surface area contributed by atoms with Crippen molar-refractivity contribution >= 4 is 11.6 Å². The number of carbonyl (C=O) groups excluding carboxylic acids is 1. The largest absolute Gasteiger partial charge is 0.374 e. The minimum Gasteiger partial charge on any atom is -0.374 e. The van der Waals surface area contributed by atoms with Crippen LogP contribution in [0, 0.1) is 19.3 Å². The smallest absolute Gasteiger partial charge is 0.241 e. The van der Waals surface area contributed by atoms with E-state index in [4.69, 9.17) is 5.84 Å². The molecule has 0 aliphatic rings. The van der Waals surface area contributed by atoms with Crippen molar-refractivity contribution < 1.29 is 4.79 Å². The first-order chi connectivity index (χ1) is 8.26. The number of nitrogens with zero attached hydrogens (tertiary/aromatic N) is 1. The van der Waals surface area contributed by atoms with E-state index in [0.717, 1.165) is 5.69 Å². The fraction of sp³-hybridized carbons (Fsp3) is 0.500. The first kappa shape index (κ1) is 14.5. The molecule has 3 N–H and O–H groups in total. The highest BCUT2D eigenvalue weighted by Gasteiger charge is 2.28. The van der Waals surface area contributed by atoms with E-state index in [1.165, 1.54) is 11.1 Å². The molecule has 0 aliphatic heterocycles. The van der Waals surface area contributed by atoms with Crippen molar-refractivity contribution in [2.45, 2.75) is 27.7 Å². The highest BCUT2D eigenvalue weighted by molar-refractivity contribution is 5.82. The molecular weight excluding hydrogens is 226 g/mol. The van der Waals surface area contributed by atoms with Crippen molar-refractivity contribution in [1.82, 2.24) is 5.43 Å². The Morgan fingerprint density at radius 1 is 1.28 bits per heavy atom. The molecule has 0 bridgehead atoms. The average molecular weight is 249 g/mol. The highest BCUT2D eigenvalue weighted by Crippen LogP contribution is 2.23. The lowest BCUT2D eigenvalue weighted by molar-refractivity contribution is -0.128. The fourth-order valence-corrected chi connectivity index (χ4v) is 2.12. The maximum Gasteiger partial charge on any atom is 0.241 e. The molecule has 18 heavy (non-hydrogen) atoms. The number of hydrogen-bond donors (Lipinski definition) is 2. The molecule has 0 heterocycles. The lowest BCUT2D eigenvalue weighted by Gasteiger charge is -2.30. The molecule has 1 amide bonds. The number of carbonyl (C=O) groups is 1. The zero-order chi connectivity index (χ0) is 13.9. The number of aryl methyl sites for hydroxylation is 2. The van der Waals surface area contributed by atoms with Crippen LogP contribution in [0.15, 0.2) is 18.2 Å².